The zero-order valence-electron chi connectivity index (χ0n) is 8.44. The Labute approximate surface area is 83.0 Å². The first-order valence-electron chi connectivity index (χ1n) is 4.56. The third-order valence-electron chi connectivity index (χ3n) is 2.21. The summed E-state index contributed by atoms with van der Waals surface area (Å²) in [6.07, 6.45) is 4.00. The van der Waals surface area contributed by atoms with Crippen molar-refractivity contribution in [2.75, 3.05) is 19.0 Å². The van der Waals surface area contributed by atoms with E-state index >= 15 is 0 Å². The van der Waals surface area contributed by atoms with Crippen molar-refractivity contribution in [2.24, 2.45) is 5.73 Å². The van der Waals surface area contributed by atoms with Gasteiger partial charge in [0, 0.05) is 33.0 Å². The molecule has 0 spiro atoms. The molecule has 0 atom stereocenters. The van der Waals surface area contributed by atoms with Gasteiger partial charge in [0.05, 0.1) is 11.4 Å². The fraction of sp³-hybridized carbons (Fsp3) is 0.300. The van der Waals surface area contributed by atoms with Crippen molar-refractivity contribution in [2.45, 2.75) is 6.54 Å². The lowest BCUT2D eigenvalue weighted by Crippen LogP contribution is -2.08. The minimum Gasteiger partial charge on any atom is -0.376 e. The van der Waals surface area contributed by atoms with Gasteiger partial charge < -0.3 is 15.0 Å². The Hall–Kier alpha value is -1.55. The smallest absolute Gasteiger partial charge is 0.137 e. The summed E-state index contributed by atoms with van der Waals surface area (Å²) in [6.45, 7) is 0.485. The zero-order valence-corrected chi connectivity index (χ0v) is 8.44. The van der Waals surface area contributed by atoms with Gasteiger partial charge in [-0.2, -0.15) is 0 Å². The van der Waals surface area contributed by atoms with E-state index < -0.39 is 0 Å². The standard InChI is InChI=1S/C10H14N4/c1-13(2)9-3-4-10-12-8(5-11)6-14(10)7-9/h3-4,6-7H,5,11H2,1-2H3. The molecule has 14 heavy (non-hydrogen) atoms. The highest BCUT2D eigenvalue weighted by molar-refractivity contribution is 5.51. The summed E-state index contributed by atoms with van der Waals surface area (Å²) in [4.78, 5) is 6.41. The molecule has 4 nitrogen and oxygen atoms in total. The van der Waals surface area contributed by atoms with Crippen molar-refractivity contribution >= 4 is 11.3 Å². The van der Waals surface area contributed by atoms with Gasteiger partial charge in [0.2, 0.25) is 0 Å². The molecule has 2 aromatic rings. The van der Waals surface area contributed by atoms with Crippen LogP contribution in [0.15, 0.2) is 24.5 Å². The van der Waals surface area contributed by atoms with E-state index in [1.54, 1.807) is 0 Å². The first-order valence-corrected chi connectivity index (χ1v) is 4.56. The van der Waals surface area contributed by atoms with Crippen LogP contribution in [0.4, 0.5) is 5.69 Å². The summed E-state index contributed by atoms with van der Waals surface area (Å²) < 4.78 is 2.00. The topological polar surface area (TPSA) is 46.6 Å². The number of hydrogen-bond acceptors (Lipinski definition) is 3. The number of rotatable bonds is 2. The molecule has 2 rings (SSSR count). The van der Waals surface area contributed by atoms with Crippen LogP contribution in [0.5, 0.6) is 0 Å². The SMILES string of the molecule is CN(C)c1ccc2nc(CN)cn2c1. The highest BCUT2D eigenvalue weighted by atomic mass is 15.1. The van der Waals surface area contributed by atoms with Crippen molar-refractivity contribution in [3.05, 3.63) is 30.2 Å². The van der Waals surface area contributed by atoms with Gasteiger partial charge >= 0.3 is 0 Å². The number of fused-ring (bicyclic) bond motifs is 1. The molecule has 0 fully saturated rings. The van der Waals surface area contributed by atoms with E-state index in [9.17, 15) is 0 Å². The molecule has 0 aromatic carbocycles. The molecular formula is C10H14N4. The van der Waals surface area contributed by atoms with E-state index in [2.05, 4.69) is 9.88 Å². The molecule has 0 saturated carbocycles. The molecule has 0 amide bonds. The molecule has 0 bridgehead atoms. The van der Waals surface area contributed by atoms with Crippen LogP contribution in [-0.4, -0.2) is 23.5 Å². The molecule has 2 aromatic heterocycles. The Bertz CT molecular complexity index is 444. The predicted octanol–water partition coefficient (Wildman–Crippen LogP) is 0.859. The van der Waals surface area contributed by atoms with Gasteiger partial charge in [0.1, 0.15) is 5.65 Å². The van der Waals surface area contributed by atoms with Gasteiger partial charge in [-0.3, -0.25) is 0 Å². The van der Waals surface area contributed by atoms with Gasteiger partial charge in [-0.15, -0.1) is 0 Å². The molecule has 0 aliphatic heterocycles. The first kappa shape index (κ1) is 9.02. The highest BCUT2D eigenvalue weighted by Crippen LogP contribution is 2.13. The van der Waals surface area contributed by atoms with Crippen molar-refractivity contribution in [1.29, 1.82) is 0 Å². The van der Waals surface area contributed by atoms with Crippen molar-refractivity contribution in [1.82, 2.24) is 9.38 Å². The van der Waals surface area contributed by atoms with Gasteiger partial charge in [0.25, 0.3) is 0 Å². The molecule has 4 heteroatoms. The summed E-state index contributed by atoms with van der Waals surface area (Å²) in [5, 5.41) is 0. The molecule has 0 radical (unpaired) electrons. The maximum atomic E-state index is 5.53. The Balaban J connectivity index is 2.54. The quantitative estimate of drug-likeness (QED) is 0.764. The molecular weight excluding hydrogens is 176 g/mol. The third kappa shape index (κ3) is 1.44. The van der Waals surface area contributed by atoms with Crippen molar-refractivity contribution in [3.63, 3.8) is 0 Å². The van der Waals surface area contributed by atoms with E-state index in [1.807, 2.05) is 43.0 Å². The van der Waals surface area contributed by atoms with Crippen molar-refractivity contribution < 1.29 is 0 Å². The van der Waals surface area contributed by atoms with Crippen LogP contribution >= 0.6 is 0 Å². The summed E-state index contributed by atoms with van der Waals surface area (Å²) in [5.41, 5.74) is 8.53. The monoisotopic (exact) mass is 190 g/mol. The lowest BCUT2D eigenvalue weighted by molar-refractivity contribution is 1.01. The number of aromatic nitrogens is 2. The van der Waals surface area contributed by atoms with E-state index in [4.69, 9.17) is 5.73 Å². The van der Waals surface area contributed by atoms with Crippen LogP contribution in [0.2, 0.25) is 0 Å². The molecule has 2 heterocycles. The van der Waals surface area contributed by atoms with Gasteiger partial charge in [-0.1, -0.05) is 0 Å². The number of hydrogen-bond donors (Lipinski definition) is 1. The summed E-state index contributed by atoms with van der Waals surface area (Å²) in [5.74, 6) is 0. The minimum absolute atomic E-state index is 0.485. The Morgan fingerprint density at radius 1 is 1.36 bits per heavy atom. The van der Waals surface area contributed by atoms with Crippen LogP contribution in [0.3, 0.4) is 0 Å². The molecule has 74 valence electrons. The normalized spacial score (nSPS) is 10.8. The maximum Gasteiger partial charge on any atom is 0.137 e. The van der Waals surface area contributed by atoms with Crippen LogP contribution in [0.1, 0.15) is 5.69 Å². The van der Waals surface area contributed by atoms with E-state index in [1.165, 1.54) is 0 Å². The third-order valence-corrected chi connectivity index (χ3v) is 2.21. The second-order valence-electron chi connectivity index (χ2n) is 3.48. The Morgan fingerprint density at radius 3 is 2.79 bits per heavy atom. The first-order chi connectivity index (χ1) is 6.70. The largest absolute Gasteiger partial charge is 0.376 e. The lowest BCUT2D eigenvalue weighted by atomic mass is 10.4. The number of nitrogens with zero attached hydrogens (tertiary/aromatic N) is 3. The second kappa shape index (κ2) is 3.31. The molecule has 2 N–H and O–H groups in total. The van der Waals surface area contributed by atoms with Crippen LogP contribution in [0.25, 0.3) is 5.65 Å². The maximum absolute atomic E-state index is 5.53. The number of imidazole rings is 1. The molecule has 0 unspecified atom stereocenters. The van der Waals surface area contributed by atoms with Crippen LogP contribution in [-0.2, 0) is 6.54 Å². The minimum atomic E-state index is 0.485. The van der Waals surface area contributed by atoms with Gasteiger partial charge in [-0.25, -0.2) is 4.98 Å². The number of nitrogens with two attached hydrogens (primary N) is 1. The molecule has 0 aliphatic rings. The van der Waals surface area contributed by atoms with E-state index in [0.717, 1.165) is 17.0 Å². The van der Waals surface area contributed by atoms with Gasteiger partial charge in [0.15, 0.2) is 0 Å². The number of anilines is 1. The molecule has 0 aliphatic carbocycles. The lowest BCUT2D eigenvalue weighted by Gasteiger charge is -2.11. The zero-order chi connectivity index (χ0) is 10.1. The Morgan fingerprint density at radius 2 is 2.14 bits per heavy atom. The van der Waals surface area contributed by atoms with Crippen molar-refractivity contribution in [3.8, 4) is 0 Å². The summed E-state index contributed by atoms with van der Waals surface area (Å²) >= 11 is 0. The summed E-state index contributed by atoms with van der Waals surface area (Å²) in [7, 11) is 4.03. The van der Waals surface area contributed by atoms with Crippen LogP contribution in [0, 0.1) is 0 Å². The number of pyridine rings is 1. The average molecular weight is 190 g/mol. The van der Waals surface area contributed by atoms with Gasteiger partial charge in [-0.05, 0) is 12.1 Å². The fourth-order valence-electron chi connectivity index (χ4n) is 1.40. The predicted molar refractivity (Wildman–Crippen MR) is 57.4 cm³/mol. The molecule has 0 saturated heterocycles. The Kier molecular flexibility index (Phi) is 2.13. The van der Waals surface area contributed by atoms with Crippen LogP contribution < -0.4 is 10.6 Å². The highest BCUT2D eigenvalue weighted by Gasteiger charge is 2.01. The second-order valence-corrected chi connectivity index (χ2v) is 3.48. The summed E-state index contributed by atoms with van der Waals surface area (Å²) in [6, 6.07) is 4.04. The average Bonchev–Trinajstić information content (AvgIpc) is 2.58. The van der Waals surface area contributed by atoms with E-state index in [0.29, 0.717) is 6.54 Å². The fourth-order valence-corrected chi connectivity index (χ4v) is 1.40. The van der Waals surface area contributed by atoms with E-state index in [-0.39, 0.29) is 0 Å².